The van der Waals surface area contributed by atoms with Crippen LogP contribution in [0.15, 0.2) is 21.7 Å². The molecule has 216 valence electrons. The molecule has 38 heavy (non-hydrogen) atoms. The third-order valence-electron chi connectivity index (χ3n) is 7.37. The maximum Gasteiger partial charge on any atom is 0.270 e. The van der Waals surface area contributed by atoms with Gasteiger partial charge >= 0.3 is 0 Å². The number of ether oxygens (including phenoxy) is 2. The Kier molecular flexibility index (Phi) is 17.4. The summed E-state index contributed by atoms with van der Waals surface area (Å²) in [6.45, 7) is 5.67. The maximum absolute atomic E-state index is 12.3. The Morgan fingerprint density at radius 2 is 0.763 bits per heavy atom. The van der Waals surface area contributed by atoms with E-state index in [0.717, 1.165) is 25.7 Å². The molecule has 0 aliphatic carbocycles. The Balaban J connectivity index is 1.75. The number of aromatic nitrogens is 2. The minimum atomic E-state index is -0.329. The molecular formula is C32H54N2O4. The molecule has 1 aromatic carbocycles. The second-order valence-corrected chi connectivity index (χ2v) is 10.8. The van der Waals surface area contributed by atoms with E-state index < -0.39 is 0 Å². The Bertz CT molecular complexity index is 903. The number of hydrogen-bond acceptors (Lipinski definition) is 4. The molecule has 6 nitrogen and oxygen atoms in total. The van der Waals surface area contributed by atoms with E-state index in [1.165, 1.54) is 103 Å². The van der Waals surface area contributed by atoms with Gasteiger partial charge in [0.1, 0.15) is 0 Å². The highest BCUT2D eigenvalue weighted by atomic mass is 16.5. The molecule has 0 saturated carbocycles. The summed E-state index contributed by atoms with van der Waals surface area (Å²) in [6, 6.07) is 3.32. The first-order chi connectivity index (χ1) is 18.7. The number of benzene rings is 1. The average Bonchev–Trinajstić information content (AvgIpc) is 2.92. The summed E-state index contributed by atoms with van der Waals surface area (Å²) >= 11 is 0. The normalized spacial score (nSPS) is 11.3. The van der Waals surface area contributed by atoms with Gasteiger partial charge in [-0.15, -0.1) is 0 Å². The topological polar surface area (TPSA) is 84.2 Å². The van der Waals surface area contributed by atoms with Crippen molar-refractivity contribution in [2.24, 2.45) is 0 Å². The largest absolute Gasteiger partial charge is 0.490 e. The SMILES string of the molecule is CCCCCCCCCCCCOc1cc2c(=O)[nH][nH]c(=O)c2cc1OCCCCCCCCCCCC. The fourth-order valence-corrected chi connectivity index (χ4v) is 4.95. The highest BCUT2D eigenvalue weighted by Crippen LogP contribution is 2.31. The van der Waals surface area contributed by atoms with Crippen LogP contribution >= 0.6 is 0 Å². The van der Waals surface area contributed by atoms with Crippen LogP contribution in [0.5, 0.6) is 11.5 Å². The van der Waals surface area contributed by atoms with E-state index in [4.69, 9.17) is 9.47 Å². The van der Waals surface area contributed by atoms with Crippen LogP contribution in [0.3, 0.4) is 0 Å². The molecule has 6 heteroatoms. The van der Waals surface area contributed by atoms with Crippen molar-refractivity contribution in [1.29, 1.82) is 0 Å². The van der Waals surface area contributed by atoms with Crippen LogP contribution in [0.25, 0.3) is 10.8 Å². The molecule has 1 heterocycles. The van der Waals surface area contributed by atoms with Gasteiger partial charge in [-0.3, -0.25) is 19.8 Å². The third-order valence-corrected chi connectivity index (χ3v) is 7.37. The lowest BCUT2D eigenvalue weighted by atomic mass is 10.1. The van der Waals surface area contributed by atoms with Crippen molar-refractivity contribution in [3.8, 4) is 11.5 Å². The molecule has 0 bridgehead atoms. The molecule has 1 aromatic heterocycles. The van der Waals surface area contributed by atoms with Crippen molar-refractivity contribution in [1.82, 2.24) is 10.2 Å². The summed E-state index contributed by atoms with van der Waals surface area (Å²) in [5, 5.41) is 5.47. The third kappa shape index (κ3) is 13.0. The van der Waals surface area contributed by atoms with E-state index >= 15 is 0 Å². The molecule has 0 aliphatic rings. The van der Waals surface area contributed by atoms with Gasteiger partial charge < -0.3 is 9.47 Å². The Labute approximate surface area is 230 Å². The summed E-state index contributed by atoms with van der Waals surface area (Å²) in [6.07, 6.45) is 25.4. The van der Waals surface area contributed by atoms with Crippen molar-refractivity contribution >= 4 is 10.8 Å². The molecule has 2 rings (SSSR count). The van der Waals surface area contributed by atoms with Crippen molar-refractivity contribution in [2.75, 3.05) is 13.2 Å². The zero-order valence-electron chi connectivity index (χ0n) is 24.3. The highest BCUT2D eigenvalue weighted by Gasteiger charge is 2.12. The fraction of sp³-hybridized carbons (Fsp3) is 0.750. The molecule has 0 amide bonds. The van der Waals surface area contributed by atoms with Crippen LogP contribution in [0.2, 0.25) is 0 Å². The number of unbranched alkanes of at least 4 members (excludes halogenated alkanes) is 18. The van der Waals surface area contributed by atoms with E-state index in [2.05, 4.69) is 24.0 Å². The van der Waals surface area contributed by atoms with Crippen LogP contribution < -0.4 is 20.6 Å². The number of rotatable bonds is 24. The first-order valence-electron chi connectivity index (χ1n) is 15.7. The van der Waals surface area contributed by atoms with Crippen molar-refractivity contribution < 1.29 is 9.47 Å². The first-order valence-corrected chi connectivity index (χ1v) is 15.7. The predicted octanol–water partition coefficient (Wildman–Crippen LogP) is 8.82. The fourth-order valence-electron chi connectivity index (χ4n) is 4.95. The molecule has 2 N–H and O–H groups in total. The zero-order chi connectivity index (χ0) is 27.3. The Hall–Kier alpha value is -2.24. The molecule has 0 aliphatic heterocycles. The molecule has 0 saturated heterocycles. The van der Waals surface area contributed by atoms with Gasteiger partial charge in [-0.2, -0.15) is 0 Å². The quantitative estimate of drug-likeness (QED) is 0.133. The molecule has 0 spiro atoms. The van der Waals surface area contributed by atoms with Gasteiger partial charge in [0.2, 0.25) is 0 Å². The standard InChI is InChI=1S/C32H54N2O4/c1-3-5-7-9-11-13-15-17-19-21-23-37-29-25-27-28(32(36)34-33-31(27)35)26-30(29)38-24-22-20-18-16-14-12-10-8-6-4-2/h25-26H,3-24H2,1-2H3,(H,33,35)(H,34,36). The molecule has 0 unspecified atom stereocenters. The van der Waals surface area contributed by atoms with Crippen molar-refractivity contribution in [2.45, 2.75) is 142 Å². The van der Waals surface area contributed by atoms with Gasteiger partial charge in [0.05, 0.1) is 24.0 Å². The second-order valence-electron chi connectivity index (χ2n) is 10.8. The number of nitrogens with one attached hydrogen (secondary N) is 2. The minimum absolute atomic E-state index is 0.329. The summed E-state index contributed by atoms with van der Waals surface area (Å²) < 4.78 is 12.1. The van der Waals surface area contributed by atoms with Gasteiger partial charge in [-0.1, -0.05) is 129 Å². The van der Waals surface area contributed by atoms with Crippen LogP contribution in [0, 0.1) is 0 Å². The van der Waals surface area contributed by atoms with Crippen LogP contribution in [0.4, 0.5) is 0 Å². The highest BCUT2D eigenvalue weighted by molar-refractivity contribution is 5.84. The van der Waals surface area contributed by atoms with Crippen LogP contribution in [-0.4, -0.2) is 23.4 Å². The van der Waals surface area contributed by atoms with Crippen molar-refractivity contribution in [3.05, 3.63) is 32.8 Å². The second kappa shape index (κ2) is 20.7. The minimum Gasteiger partial charge on any atom is -0.490 e. The summed E-state index contributed by atoms with van der Waals surface area (Å²) in [5.74, 6) is 1.10. The number of fused-ring (bicyclic) bond motifs is 1. The first kappa shape index (κ1) is 32.0. The van der Waals surface area contributed by atoms with E-state index in [1.54, 1.807) is 12.1 Å². The van der Waals surface area contributed by atoms with Crippen LogP contribution in [0.1, 0.15) is 142 Å². The molecule has 0 fully saturated rings. The van der Waals surface area contributed by atoms with E-state index in [0.29, 0.717) is 35.5 Å². The van der Waals surface area contributed by atoms with E-state index in [-0.39, 0.29) is 11.1 Å². The summed E-state index contributed by atoms with van der Waals surface area (Å²) in [7, 11) is 0. The van der Waals surface area contributed by atoms with E-state index in [1.807, 2.05) is 0 Å². The van der Waals surface area contributed by atoms with Crippen LogP contribution in [-0.2, 0) is 0 Å². The maximum atomic E-state index is 12.3. The zero-order valence-corrected chi connectivity index (χ0v) is 24.3. The molecule has 0 radical (unpaired) electrons. The monoisotopic (exact) mass is 530 g/mol. The molecule has 0 atom stereocenters. The summed E-state index contributed by atoms with van der Waals surface area (Å²) in [5.41, 5.74) is -0.658. The number of H-pyrrole nitrogens is 2. The predicted molar refractivity (Wildman–Crippen MR) is 160 cm³/mol. The van der Waals surface area contributed by atoms with Gasteiger partial charge in [0.15, 0.2) is 11.5 Å². The van der Waals surface area contributed by atoms with Crippen molar-refractivity contribution in [3.63, 3.8) is 0 Å². The lowest BCUT2D eigenvalue weighted by molar-refractivity contribution is 0.259. The Morgan fingerprint density at radius 1 is 0.474 bits per heavy atom. The lowest BCUT2D eigenvalue weighted by Gasteiger charge is -2.14. The number of aromatic amines is 2. The molecule has 2 aromatic rings. The number of hydrogen-bond donors (Lipinski definition) is 2. The van der Waals surface area contributed by atoms with Gasteiger partial charge in [-0.25, -0.2) is 0 Å². The van der Waals surface area contributed by atoms with Gasteiger partial charge in [0.25, 0.3) is 11.1 Å². The molecular weight excluding hydrogens is 476 g/mol. The smallest absolute Gasteiger partial charge is 0.270 e. The van der Waals surface area contributed by atoms with Gasteiger partial charge in [-0.05, 0) is 25.0 Å². The average molecular weight is 531 g/mol. The Morgan fingerprint density at radius 3 is 1.08 bits per heavy atom. The van der Waals surface area contributed by atoms with Gasteiger partial charge in [0, 0.05) is 0 Å². The lowest BCUT2D eigenvalue weighted by Crippen LogP contribution is -2.19. The summed E-state index contributed by atoms with van der Waals surface area (Å²) in [4.78, 5) is 24.6. The van der Waals surface area contributed by atoms with E-state index in [9.17, 15) is 9.59 Å².